The number of rotatable bonds is 1. The molecule has 1 aliphatic rings. The topological polar surface area (TPSA) is 17.1 Å². The van der Waals surface area contributed by atoms with Gasteiger partial charge in [-0.05, 0) is 12.5 Å². The SMILES string of the molecule is C[C@@]1(c2ccccc2)SCCS1=O. The third kappa shape index (κ3) is 1.55. The lowest BCUT2D eigenvalue weighted by Crippen LogP contribution is -2.19. The average Bonchev–Trinajstić information content (AvgIpc) is 2.50. The normalized spacial score (nSPS) is 33.5. The lowest BCUT2D eigenvalue weighted by atomic mass is 10.2. The summed E-state index contributed by atoms with van der Waals surface area (Å²) in [4.78, 5) is 0. The van der Waals surface area contributed by atoms with E-state index in [9.17, 15) is 4.21 Å². The van der Waals surface area contributed by atoms with Crippen LogP contribution in [-0.2, 0) is 14.9 Å². The van der Waals surface area contributed by atoms with Gasteiger partial charge in [0.05, 0.1) is 0 Å². The zero-order chi connectivity index (χ0) is 9.31. The van der Waals surface area contributed by atoms with E-state index in [1.165, 1.54) is 5.56 Å². The molecule has 1 unspecified atom stereocenters. The van der Waals surface area contributed by atoms with Gasteiger partial charge in [-0.25, -0.2) is 0 Å². The molecule has 0 N–H and O–H groups in total. The highest BCUT2D eigenvalue weighted by atomic mass is 32.2. The van der Waals surface area contributed by atoms with Crippen molar-refractivity contribution in [1.82, 2.24) is 0 Å². The van der Waals surface area contributed by atoms with Crippen molar-refractivity contribution in [2.75, 3.05) is 11.5 Å². The van der Waals surface area contributed by atoms with Gasteiger partial charge in [0.15, 0.2) is 0 Å². The highest BCUT2D eigenvalue weighted by Gasteiger charge is 2.38. The summed E-state index contributed by atoms with van der Waals surface area (Å²) in [7, 11) is -0.714. The molecule has 0 radical (unpaired) electrons. The van der Waals surface area contributed by atoms with Crippen LogP contribution in [0.5, 0.6) is 0 Å². The highest BCUT2D eigenvalue weighted by molar-refractivity contribution is 8.14. The molecule has 0 aliphatic carbocycles. The fraction of sp³-hybridized carbons (Fsp3) is 0.400. The van der Waals surface area contributed by atoms with Gasteiger partial charge in [-0.3, -0.25) is 4.21 Å². The van der Waals surface area contributed by atoms with Crippen LogP contribution in [0.2, 0.25) is 0 Å². The molecule has 1 aliphatic heterocycles. The first-order chi connectivity index (χ1) is 6.23. The first-order valence-electron chi connectivity index (χ1n) is 4.31. The summed E-state index contributed by atoms with van der Waals surface area (Å²) < 4.78 is 11.6. The molecule has 2 atom stereocenters. The van der Waals surface area contributed by atoms with E-state index in [0.29, 0.717) is 0 Å². The van der Waals surface area contributed by atoms with Crippen molar-refractivity contribution in [3.8, 4) is 0 Å². The molecule has 0 aromatic heterocycles. The van der Waals surface area contributed by atoms with Crippen LogP contribution in [0.1, 0.15) is 12.5 Å². The third-order valence-electron chi connectivity index (χ3n) is 2.38. The molecule has 1 heterocycles. The monoisotopic (exact) mass is 212 g/mol. The number of hydrogen-bond donors (Lipinski definition) is 0. The molecule has 70 valence electrons. The molecule has 0 bridgehead atoms. The standard InChI is InChI=1S/C10H12OS2/c1-10(12-7-8-13(10)11)9-5-3-2-4-6-9/h2-6H,7-8H2,1H3/t10-,13?/m1/s1. The van der Waals surface area contributed by atoms with Gasteiger partial charge in [-0.1, -0.05) is 30.3 Å². The van der Waals surface area contributed by atoms with Crippen molar-refractivity contribution in [2.45, 2.75) is 11.0 Å². The minimum Gasteiger partial charge on any atom is -0.258 e. The van der Waals surface area contributed by atoms with Gasteiger partial charge in [-0.2, -0.15) is 0 Å². The Hall–Kier alpha value is -0.280. The van der Waals surface area contributed by atoms with Gasteiger partial charge in [0.25, 0.3) is 0 Å². The molecule has 0 amide bonds. The first-order valence-corrected chi connectivity index (χ1v) is 6.62. The number of thioether (sulfide) groups is 1. The molecular weight excluding hydrogens is 200 g/mol. The third-order valence-corrected chi connectivity index (χ3v) is 6.42. The smallest absolute Gasteiger partial charge is 0.113 e. The fourth-order valence-corrected chi connectivity index (χ4v) is 4.97. The van der Waals surface area contributed by atoms with Crippen LogP contribution in [0.25, 0.3) is 0 Å². The minimum atomic E-state index is -0.714. The van der Waals surface area contributed by atoms with Crippen LogP contribution in [0.4, 0.5) is 0 Å². The second kappa shape index (κ2) is 3.46. The molecule has 0 spiro atoms. The Morgan fingerprint density at radius 2 is 2.08 bits per heavy atom. The van der Waals surface area contributed by atoms with Crippen LogP contribution in [0, 0.1) is 0 Å². The summed E-state index contributed by atoms with van der Waals surface area (Å²) in [6.07, 6.45) is 0. The number of benzene rings is 1. The molecule has 1 aromatic carbocycles. The summed E-state index contributed by atoms with van der Waals surface area (Å²) in [5, 5.41) is 0. The average molecular weight is 212 g/mol. The van der Waals surface area contributed by atoms with Gasteiger partial charge in [-0.15, -0.1) is 11.8 Å². The van der Waals surface area contributed by atoms with Crippen LogP contribution in [0.15, 0.2) is 30.3 Å². The van der Waals surface area contributed by atoms with Crippen molar-refractivity contribution < 1.29 is 4.21 Å². The zero-order valence-electron chi connectivity index (χ0n) is 7.53. The lowest BCUT2D eigenvalue weighted by Gasteiger charge is -2.21. The summed E-state index contributed by atoms with van der Waals surface area (Å²) in [5.41, 5.74) is 1.19. The van der Waals surface area contributed by atoms with Gasteiger partial charge in [0.1, 0.15) is 4.08 Å². The van der Waals surface area contributed by atoms with E-state index in [2.05, 4.69) is 19.1 Å². The predicted octanol–water partition coefficient (Wildman–Crippen LogP) is 2.35. The summed E-state index contributed by atoms with van der Waals surface area (Å²) >= 11 is 1.81. The van der Waals surface area contributed by atoms with Crippen molar-refractivity contribution in [3.05, 3.63) is 35.9 Å². The van der Waals surface area contributed by atoms with Crippen molar-refractivity contribution >= 4 is 22.6 Å². The minimum absolute atomic E-state index is 0.165. The molecule has 1 fully saturated rings. The second-order valence-electron chi connectivity index (χ2n) is 3.21. The quantitative estimate of drug-likeness (QED) is 0.711. The Morgan fingerprint density at radius 3 is 2.62 bits per heavy atom. The Balaban J connectivity index is 2.40. The molecule has 3 heteroatoms. The molecule has 13 heavy (non-hydrogen) atoms. The molecule has 1 saturated heterocycles. The summed E-state index contributed by atoms with van der Waals surface area (Å²) in [6, 6.07) is 10.1. The van der Waals surface area contributed by atoms with E-state index < -0.39 is 10.8 Å². The van der Waals surface area contributed by atoms with Crippen molar-refractivity contribution in [3.63, 3.8) is 0 Å². The van der Waals surface area contributed by atoms with Crippen molar-refractivity contribution in [2.24, 2.45) is 0 Å². The van der Waals surface area contributed by atoms with E-state index in [4.69, 9.17) is 0 Å². The maximum absolute atomic E-state index is 11.8. The maximum atomic E-state index is 11.8. The second-order valence-corrected chi connectivity index (χ2v) is 6.90. The van der Waals surface area contributed by atoms with E-state index >= 15 is 0 Å². The van der Waals surface area contributed by atoms with Gasteiger partial charge in [0, 0.05) is 22.3 Å². The predicted molar refractivity (Wildman–Crippen MR) is 59.3 cm³/mol. The lowest BCUT2D eigenvalue weighted by molar-refractivity contribution is 0.675. The van der Waals surface area contributed by atoms with Crippen LogP contribution in [0.3, 0.4) is 0 Å². The summed E-state index contributed by atoms with van der Waals surface area (Å²) in [5.74, 6) is 1.84. The molecule has 0 saturated carbocycles. The Labute approximate surface area is 85.4 Å². The summed E-state index contributed by atoms with van der Waals surface area (Å²) in [6.45, 7) is 2.08. The Morgan fingerprint density at radius 1 is 1.38 bits per heavy atom. The molecule has 1 aromatic rings. The van der Waals surface area contributed by atoms with E-state index in [0.717, 1.165) is 11.5 Å². The van der Waals surface area contributed by atoms with E-state index in [1.54, 1.807) is 11.8 Å². The van der Waals surface area contributed by atoms with E-state index in [-0.39, 0.29) is 4.08 Å². The van der Waals surface area contributed by atoms with Crippen molar-refractivity contribution in [1.29, 1.82) is 0 Å². The zero-order valence-corrected chi connectivity index (χ0v) is 9.16. The Kier molecular flexibility index (Phi) is 2.47. The van der Waals surface area contributed by atoms with Gasteiger partial charge >= 0.3 is 0 Å². The molecular formula is C10H12OS2. The first kappa shape index (κ1) is 9.28. The van der Waals surface area contributed by atoms with Crippen LogP contribution in [-0.4, -0.2) is 15.7 Å². The van der Waals surface area contributed by atoms with Gasteiger partial charge in [0.2, 0.25) is 0 Å². The van der Waals surface area contributed by atoms with Crippen LogP contribution < -0.4 is 0 Å². The molecule has 2 rings (SSSR count). The molecule has 1 nitrogen and oxygen atoms in total. The van der Waals surface area contributed by atoms with Gasteiger partial charge < -0.3 is 0 Å². The highest BCUT2D eigenvalue weighted by Crippen LogP contribution is 2.44. The van der Waals surface area contributed by atoms with E-state index in [1.807, 2.05) is 18.2 Å². The number of hydrogen-bond acceptors (Lipinski definition) is 2. The fourth-order valence-electron chi connectivity index (χ4n) is 1.53. The largest absolute Gasteiger partial charge is 0.258 e. The van der Waals surface area contributed by atoms with Crippen LogP contribution >= 0.6 is 11.8 Å². The Bertz CT molecular complexity index is 323. The maximum Gasteiger partial charge on any atom is 0.113 e.